The molecule has 136 valence electrons. The number of benzene rings is 1. The molecule has 0 saturated heterocycles. The summed E-state index contributed by atoms with van der Waals surface area (Å²) in [6, 6.07) is 4.47. The standard InChI is InChI=1S/C16H20FN3O4S/c17-11-1-7-14(8-2-11)25(23,24)20(9-15(21)18-12-3-4-12)10-16(22)19-13-5-6-13/h1-2,7-8,12-13H,3-6,9-10H2,(H,18,21)(H,19,22). The number of hydrogen-bond acceptors (Lipinski definition) is 4. The van der Waals surface area contributed by atoms with Gasteiger partial charge in [-0.05, 0) is 49.9 Å². The minimum Gasteiger partial charge on any atom is -0.352 e. The molecule has 2 amide bonds. The lowest BCUT2D eigenvalue weighted by Crippen LogP contribution is -2.46. The third kappa shape index (κ3) is 4.99. The molecule has 0 heterocycles. The number of halogens is 1. The highest BCUT2D eigenvalue weighted by atomic mass is 32.2. The maximum atomic E-state index is 13.1. The number of nitrogens with one attached hydrogen (secondary N) is 2. The Hall–Kier alpha value is -2.00. The zero-order chi connectivity index (χ0) is 18.0. The van der Waals surface area contributed by atoms with Crippen LogP contribution >= 0.6 is 0 Å². The van der Waals surface area contributed by atoms with E-state index in [1.807, 2.05) is 0 Å². The number of rotatable bonds is 8. The lowest BCUT2D eigenvalue weighted by Gasteiger charge is -2.21. The summed E-state index contributed by atoms with van der Waals surface area (Å²) >= 11 is 0. The van der Waals surface area contributed by atoms with Crippen LogP contribution in [-0.2, 0) is 19.6 Å². The largest absolute Gasteiger partial charge is 0.352 e. The average Bonchev–Trinajstić information content (AvgIpc) is 3.44. The van der Waals surface area contributed by atoms with Crippen LogP contribution in [-0.4, -0.2) is 49.7 Å². The molecule has 0 bridgehead atoms. The summed E-state index contributed by atoms with van der Waals surface area (Å²) in [6.45, 7) is -0.900. The summed E-state index contributed by atoms with van der Waals surface area (Å²) in [5.74, 6) is -1.47. The van der Waals surface area contributed by atoms with Gasteiger partial charge < -0.3 is 10.6 Å². The highest BCUT2D eigenvalue weighted by Gasteiger charge is 2.32. The van der Waals surface area contributed by atoms with Crippen LogP contribution in [0.2, 0.25) is 0 Å². The molecule has 2 N–H and O–H groups in total. The van der Waals surface area contributed by atoms with E-state index < -0.39 is 40.7 Å². The van der Waals surface area contributed by atoms with E-state index in [0.29, 0.717) is 0 Å². The van der Waals surface area contributed by atoms with Crippen molar-refractivity contribution in [3.8, 4) is 0 Å². The SMILES string of the molecule is O=C(CN(CC(=O)NC1CC1)S(=O)(=O)c1ccc(F)cc1)NC1CC1. The van der Waals surface area contributed by atoms with Crippen molar-refractivity contribution in [3.63, 3.8) is 0 Å². The molecule has 0 spiro atoms. The Morgan fingerprint density at radius 2 is 1.40 bits per heavy atom. The van der Waals surface area contributed by atoms with Crippen molar-refractivity contribution >= 4 is 21.8 Å². The quantitative estimate of drug-likeness (QED) is 0.692. The van der Waals surface area contributed by atoms with Crippen LogP contribution in [0, 0.1) is 5.82 Å². The number of amides is 2. The second-order valence-corrected chi connectivity index (χ2v) is 8.35. The fraction of sp³-hybridized carbons (Fsp3) is 0.500. The Labute approximate surface area is 145 Å². The van der Waals surface area contributed by atoms with Crippen LogP contribution in [0.3, 0.4) is 0 Å². The molecule has 0 unspecified atom stereocenters. The molecule has 3 rings (SSSR count). The molecule has 0 atom stereocenters. The lowest BCUT2D eigenvalue weighted by molar-refractivity contribution is -0.123. The van der Waals surface area contributed by atoms with Gasteiger partial charge in [0, 0.05) is 12.1 Å². The lowest BCUT2D eigenvalue weighted by atomic mass is 10.4. The summed E-state index contributed by atoms with van der Waals surface area (Å²) < 4.78 is 39.4. The zero-order valence-electron chi connectivity index (χ0n) is 13.6. The van der Waals surface area contributed by atoms with Gasteiger partial charge in [-0.2, -0.15) is 4.31 Å². The molecule has 0 aliphatic heterocycles. The molecule has 2 aliphatic rings. The molecule has 1 aromatic rings. The van der Waals surface area contributed by atoms with Crippen molar-refractivity contribution in [2.75, 3.05) is 13.1 Å². The smallest absolute Gasteiger partial charge is 0.244 e. The van der Waals surface area contributed by atoms with Gasteiger partial charge in [0.1, 0.15) is 5.82 Å². The molecule has 2 saturated carbocycles. The fourth-order valence-electron chi connectivity index (χ4n) is 2.30. The van der Waals surface area contributed by atoms with Crippen LogP contribution in [0.15, 0.2) is 29.2 Å². The first-order valence-electron chi connectivity index (χ1n) is 8.19. The first kappa shape index (κ1) is 17.8. The third-order valence-corrected chi connectivity index (χ3v) is 5.78. The molecule has 9 heteroatoms. The van der Waals surface area contributed by atoms with Gasteiger partial charge in [0.25, 0.3) is 0 Å². The maximum Gasteiger partial charge on any atom is 0.244 e. The van der Waals surface area contributed by atoms with Gasteiger partial charge in [-0.15, -0.1) is 0 Å². The molecule has 1 aromatic carbocycles. The first-order chi connectivity index (χ1) is 11.8. The zero-order valence-corrected chi connectivity index (χ0v) is 14.4. The second-order valence-electron chi connectivity index (χ2n) is 6.41. The van der Waals surface area contributed by atoms with Crippen molar-refractivity contribution in [1.29, 1.82) is 0 Å². The van der Waals surface area contributed by atoms with Gasteiger partial charge in [0.2, 0.25) is 21.8 Å². The molecule has 25 heavy (non-hydrogen) atoms. The third-order valence-electron chi connectivity index (χ3n) is 3.98. The van der Waals surface area contributed by atoms with Gasteiger partial charge in [-0.3, -0.25) is 9.59 Å². The molecule has 2 fully saturated rings. The average molecular weight is 369 g/mol. The predicted octanol–water partition coefficient (Wildman–Crippen LogP) is 0.374. The van der Waals surface area contributed by atoms with Crippen molar-refractivity contribution in [2.24, 2.45) is 0 Å². The van der Waals surface area contributed by atoms with E-state index in [0.717, 1.165) is 54.3 Å². The van der Waals surface area contributed by atoms with Gasteiger partial charge in [-0.25, -0.2) is 12.8 Å². The molecule has 0 radical (unpaired) electrons. The van der Waals surface area contributed by atoms with E-state index >= 15 is 0 Å². The van der Waals surface area contributed by atoms with Crippen molar-refractivity contribution < 1.29 is 22.4 Å². The van der Waals surface area contributed by atoms with E-state index in [-0.39, 0.29) is 17.0 Å². The van der Waals surface area contributed by atoms with Crippen LogP contribution in [0.25, 0.3) is 0 Å². The first-order valence-corrected chi connectivity index (χ1v) is 9.63. The van der Waals surface area contributed by atoms with E-state index in [4.69, 9.17) is 0 Å². The number of sulfonamides is 1. The van der Waals surface area contributed by atoms with Gasteiger partial charge >= 0.3 is 0 Å². The van der Waals surface area contributed by atoms with E-state index in [1.54, 1.807) is 0 Å². The van der Waals surface area contributed by atoms with Crippen molar-refractivity contribution in [2.45, 2.75) is 42.7 Å². The Morgan fingerprint density at radius 3 is 1.80 bits per heavy atom. The second kappa shape index (κ2) is 7.09. The molecular weight excluding hydrogens is 349 g/mol. The number of carbonyl (C=O) groups is 2. The summed E-state index contributed by atoms with van der Waals surface area (Å²) in [4.78, 5) is 23.9. The number of hydrogen-bond donors (Lipinski definition) is 2. The maximum absolute atomic E-state index is 13.1. The van der Waals surface area contributed by atoms with E-state index in [9.17, 15) is 22.4 Å². The summed E-state index contributed by atoms with van der Waals surface area (Å²) in [5, 5.41) is 5.41. The van der Waals surface area contributed by atoms with Crippen molar-refractivity contribution in [1.82, 2.24) is 14.9 Å². The monoisotopic (exact) mass is 369 g/mol. The highest BCUT2D eigenvalue weighted by Crippen LogP contribution is 2.21. The molecule has 2 aliphatic carbocycles. The van der Waals surface area contributed by atoms with Crippen molar-refractivity contribution in [3.05, 3.63) is 30.1 Å². The fourth-order valence-corrected chi connectivity index (χ4v) is 3.66. The van der Waals surface area contributed by atoms with E-state index in [1.165, 1.54) is 0 Å². The number of nitrogens with zero attached hydrogens (tertiary/aromatic N) is 1. The predicted molar refractivity (Wildman–Crippen MR) is 87.5 cm³/mol. The topological polar surface area (TPSA) is 95.6 Å². The summed E-state index contributed by atoms with van der Waals surface area (Å²) in [6.07, 6.45) is 3.49. The Morgan fingerprint density at radius 1 is 0.960 bits per heavy atom. The minimum absolute atomic E-state index is 0.0863. The number of carbonyl (C=O) groups excluding carboxylic acids is 2. The van der Waals surface area contributed by atoms with Gasteiger partial charge in [0.15, 0.2) is 0 Å². The van der Waals surface area contributed by atoms with Gasteiger partial charge in [-0.1, -0.05) is 0 Å². The normalized spacial score (nSPS) is 17.4. The Balaban J connectivity index is 1.75. The van der Waals surface area contributed by atoms with Gasteiger partial charge in [0.05, 0.1) is 18.0 Å². The Bertz CT molecular complexity index is 730. The molecule has 0 aromatic heterocycles. The van der Waals surface area contributed by atoms with E-state index in [2.05, 4.69) is 10.6 Å². The summed E-state index contributed by atoms with van der Waals surface area (Å²) in [5.41, 5.74) is 0. The van der Waals surface area contributed by atoms with Crippen LogP contribution in [0.5, 0.6) is 0 Å². The van der Waals surface area contributed by atoms with Crippen LogP contribution in [0.1, 0.15) is 25.7 Å². The van der Waals surface area contributed by atoms with Crippen LogP contribution < -0.4 is 10.6 Å². The Kier molecular flexibility index (Phi) is 5.05. The molecule has 7 nitrogen and oxygen atoms in total. The molecular formula is C16H20FN3O4S. The minimum atomic E-state index is -4.09. The van der Waals surface area contributed by atoms with Crippen LogP contribution in [0.4, 0.5) is 4.39 Å². The summed E-state index contributed by atoms with van der Waals surface area (Å²) in [7, 11) is -4.09. The highest BCUT2D eigenvalue weighted by molar-refractivity contribution is 7.89.